The van der Waals surface area contributed by atoms with Crippen LogP contribution in [0.4, 0.5) is 0 Å². The Balaban J connectivity index is 1.40. The number of nitrogens with zero attached hydrogens (tertiary/aromatic N) is 5. The molecule has 7 nitrogen and oxygen atoms in total. The number of likely N-dealkylation sites (tertiary alicyclic amines) is 1. The number of pyridine rings is 1. The van der Waals surface area contributed by atoms with E-state index in [-0.39, 0.29) is 18.1 Å². The number of carbonyl (C=O) groups is 1. The third-order valence-electron chi connectivity index (χ3n) is 5.77. The van der Waals surface area contributed by atoms with Crippen molar-refractivity contribution in [3.05, 3.63) is 78.8 Å². The molecule has 1 fully saturated rings. The van der Waals surface area contributed by atoms with Crippen molar-refractivity contribution in [1.29, 1.82) is 0 Å². The molecule has 2 aromatic carbocycles. The fourth-order valence-corrected chi connectivity index (χ4v) is 4.13. The Hall–Kier alpha value is -3.74. The van der Waals surface area contributed by atoms with Gasteiger partial charge in [-0.15, -0.1) is 0 Å². The molecule has 5 rings (SSSR count). The minimum Gasteiger partial charge on any atom is -0.488 e. The summed E-state index contributed by atoms with van der Waals surface area (Å²) in [5.41, 5.74) is 2.16. The first-order chi connectivity index (χ1) is 15.2. The highest BCUT2D eigenvalue weighted by Crippen LogP contribution is 2.29. The summed E-state index contributed by atoms with van der Waals surface area (Å²) < 4.78 is 6.37. The van der Waals surface area contributed by atoms with Gasteiger partial charge in [-0.1, -0.05) is 24.3 Å². The minimum atomic E-state index is -0.0825. The van der Waals surface area contributed by atoms with E-state index in [0.717, 1.165) is 29.5 Å². The largest absolute Gasteiger partial charge is 0.488 e. The van der Waals surface area contributed by atoms with Crippen molar-refractivity contribution in [3.63, 3.8) is 0 Å². The molecular formula is C24H23N5O2. The third-order valence-corrected chi connectivity index (χ3v) is 5.77. The number of carbonyl (C=O) groups excluding carboxylic acids is 1. The van der Waals surface area contributed by atoms with Crippen LogP contribution < -0.4 is 4.74 Å². The van der Waals surface area contributed by atoms with Gasteiger partial charge in [-0.2, -0.15) is 15.0 Å². The van der Waals surface area contributed by atoms with Gasteiger partial charge in [0.1, 0.15) is 11.9 Å². The fraction of sp³-hybridized carbons (Fsp3) is 0.250. The number of hydrogen-bond donors (Lipinski definition) is 0. The predicted octanol–water partition coefficient (Wildman–Crippen LogP) is 3.89. The van der Waals surface area contributed by atoms with Crippen LogP contribution in [0.5, 0.6) is 5.75 Å². The first-order valence-electron chi connectivity index (χ1n) is 10.5. The van der Waals surface area contributed by atoms with Crippen molar-refractivity contribution in [1.82, 2.24) is 24.9 Å². The van der Waals surface area contributed by atoms with Crippen LogP contribution in [0.3, 0.4) is 0 Å². The van der Waals surface area contributed by atoms with Crippen molar-refractivity contribution in [2.45, 2.75) is 31.9 Å². The number of rotatable bonds is 4. The van der Waals surface area contributed by atoms with Crippen LogP contribution in [-0.2, 0) is 0 Å². The monoisotopic (exact) mass is 413 g/mol. The Labute approximate surface area is 180 Å². The van der Waals surface area contributed by atoms with Gasteiger partial charge in [0.25, 0.3) is 5.91 Å². The number of amides is 1. The topological polar surface area (TPSA) is 73.1 Å². The van der Waals surface area contributed by atoms with Crippen LogP contribution in [-0.4, -0.2) is 49.5 Å². The molecule has 2 aromatic heterocycles. The molecule has 4 aromatic rings. The molecule has 1 aliphatic heterocycles. The van der Waals surface area contributed by atoms with Crippen LogP contribution in [0, 0.1) is 0 Å². The van der Waals surface area contributed by atoms with E-state index in [1.54, 1.807) is 18.6 Å². The summed E-state index contributed by atoms with van der Waals surface area (Å²) >= 11 is 0. The maximum Gasteiger partial charge on any atom is 0.256 e. The van der Waals surface area contributed by atoms with Crippen LogP contribution in [0.2, 0.25) is 0 Å². The molecule has 7 heteroatoms. The van der Waals surface area contributed by atoms with Gasteiger partial charge < -0.3 is 9.64 Å². The Bertz CT molecular complexity index is 1200. The number of benzene rings is 2. The standard InChI is InChI=1S/C24H23N5O2/c1-17-10-11-18(31-23-12-13-25-21-8-4-2-6-19(21)23)16-28(17)24(30)20-7-3-5-9-22(20)29-26-14-15-27-29/h2-9,12-15,17-18H,10-11,16H2,1H3/t17-,18-/m1/s1. The first kappa shape index (κ1) is 19.2. The second-order valence-corrected chi connectivity index (χ2v) is 7.79. The molecule has 0 saturated carbocycles. The van der Waals surface area contributed by atoms with Gasteiger partial charge >= 0.3 is 0 Å². The van der Waals surface area contributed by atoms with Gasteiger partial charge in [-0.05, 0) is 50.1 Å². The fourth-order valence-electron chi connectivity index (χ4n) is 4.13. The SMILES string of the molecule is C[C@@H]1CC[C@@H](Oc2ccnc3ccccc23)CN1C(=O)c1ccccc1-n1nccn1. The van der Waals surface area contributed by atoms with E-state index in [4.69, 9.17) is 4.74 Å². The summed E-state index contributed by atoms with van der Waals surface area (Å²) in [6.45, 7) is 2.61. The summed E-state index contributed by atoms with van der Waals surface area (Å²) in [6, 6.07) is 17.4. The molecule has 1 amide bonds. The summed E-state index contributed by atoms with van der Waals surface area (Å²) in [5.74, 6) is 0.770. The van der Waals surface area contributed by atoms with E-state index in [1.807, 2.05) is 59.5 Å². The summed E-state index contributed by atoms with van der Waals surface area (Å²) in [4.78, 5) is 21.3. The lowest BCUT2D eigenvalue weighted by Gasteiger charge is -2.38. The van der Waals surface area contributed by atoms with Crippen LogP contribution in [0.1, 0.15) is 30.1 Å². The van der Waals surface area contributed by atoms with E-state index in [0.29, 0.717) is 17.8 Å². The van der Waals surface area contributed by atoms with E-state index in [1.165, 1.54) is 4.80 Å². The molecule has 2 atom stereocenters. The van der Waals surface area contributed by atoms with E-state index in [2.05, 4.69) is 22.1 Å². The lowest BCUT2D eigenvalue weighted by Crippen LogP contribution is -2.49. The summed E-state index contributed by atoms with van der Waals surface area (Å²) in [7, 11) is 0. The molecule has 1 saturated heterocycles. The molecule has 31 heavy (non-hydrogen) atoms. The maximum atomic E-state index is 13.5. The van der Waals surface area contributed by atoms with Crippen molar-refractivity contribution in [3.8, 4) is 11.4 Å². The lowest BCUT2D eigenvalue weighted by atomic mass is 9.99. The van der Waals surface area contributed by atoms with Gasteiger partial charge in [0.05, 0.1) is 35.7 Å². The van der Waals surface area contributed by atoms with Crippen molar-refractivity contribution < 1.29 is 9.53 Å². The number of hydrogen-bond acceptors (Lipinski definition) is 5. The van der Waals surface area contributed by atoms with E-state index < -0.39 is 0 Å². The molecule has 0 unspecified atom stereocenters. The lowest BCUT2D eigenvalue weighted by molar-refractivity contribution is 0.0388. The minimum absolute atomic E-state index is 0.0340. The molecule has 0 bridgehead atoms. The van der Waals surface area contributed by atoms with Crippen LogP contribution in [0.15, 0.2) is 73.2 Å². The van der Waals surface area contributed by atoms with Gasteiger partial charge in [0.15, 0.2) is 0 Å². The zero-order valence-electron chi connectivity index (χ0n) is 17.3. The maximum absolute atomic E-state index is 13.5. The van der Waals surface area contributed by atoms with Crippen molar-refractivity contribution in [2.75, 3.05) is 6.54 Å². The number of fused-ring (bicyclic) bond motifs is 1. The zero-order chi connectivity index (χ0) is 21.2. The average Bonchev–Trinajstić information content (AvgIpc) is 3.35. The third kappa shape index (κ3) is 3.74. The molecule has 3 heterocycles. The smallest absolute Gasteiger partial charge is 0.256 e. The molecule has 0 aliphatic carbocycles. The molecular weight excluding hydrogens is 390 g/mol. The van der Waals surface area contributed by atoms with Gasteiger partial charge in [0, 0.05) is 17.6 Å². The highest BCUT2D eigenvalue weighted by Gasteiger charge is 2.32. The molecule has 0 spiro atoms. The molecule has 156 valence electrons. The van der Waals surface area contributed by atoms with Crippen molar-refractivity contribution >= 4 is 16.8 Å². The molecule has 0 N–H and O–H groups in total. The highest BCUT2D eigenvalue weighted by molar-refractivity contribution is 5.98. The number of ether oxygens (including phenoxy) is 1. The Morgan fingerprint density at radius 1 is 0.968 bits per heavy atom. The van der Waals surface area contributed by atoms with Crippen LogP contribution in [0.25, 0.3) is 16.6 Å². The predicted molar refractivity (Wildman–Crippen MR) is 117 cm³/mol. The van der Waals surface area contributed by atoms with Crippen LogP contribution >= 0.6 is 0 Å². The quantitative estimate of drug-likeness (QED) is 0.508. The number of para-hydroxylation sites is 2. The van der Waals surface area contributed by atoms with Gasteiger partial charge in [0.2, 0.25) is 0 Å². The Morgan fingerprint density at radius 3 is 2.61 bits per heavy atom. The van der Waals surface area contributed by atoms with E-state index >= 15 is 0 Å². The Morgan fingerprint density at radius 2 is 1.74 bits per heavy atom. The number of piperidine rings is 1. The number of aromatic nitrogens is 4. The van der Waals surface area contributed by atoms with Crippen molar-refractivity contribution in [2.24, 2.45) is 0 Å². The Kier molecular flexibility index (Phi) is 5.08. The summed E-state index contributed by atoms with van der Waals surface area (Å²) in [5, 5.41) is 9.38. The normalized spacial score (nSPS) is 18.8. The van der Waals surface area contributed by atoms with Gasteiger partial charge in [-0.25, -0.2) is 0 Å². The molecule has 1 aliphatic rings. The summed E-state index contributed by atoms with van der Waals surface area (Å²) in [6.07, 6.45) is 6.66. The second kappa shape index (κ2) is 8.18. The first-order valence-corrected chi connectivity index (χ1v) is 10.5. The zero-order valence-corrected chi connectivity index (χ0v) is 17.3. The average molecular weight is 413 g/mol. The van der Waals surface area contributed by atoms with E-state index in [9.17, 15) is 4.79 Å². The van der Waals surface area contributed by atoms with Gasteiger partial charge in [-0.3, -0.25) is 9.78 Å². The second-order valence-electron chi connectivity index (χ2n) is 7.79. The molecule has 0 radical (unpaired) electrons. The highest BCUT2D eigenvalue weighted by atomic mass is 16.5.